The van der Waals surface area contributed by atoms with Crippen molar-refractivity contribution in [2.24, 2.45) is 0 Å². The zero-order valence-electron chi connectivity index (χ0n) is 20.0. The minimum atomic E-state index is -4.57. The quantitative estimate of drug-likeness (QED) is 0.465. The average Bonchev–Trinajstić information content (AvgIpc) is 3.34. The number of hydrogen-bond acceptors (Lipinski definition) is 7. The average molecular weight is 536 g/mol. The summed E-state index contributed by atoms with van der Waals surface area (Å²) in [6.45, 7) is 4.00. The van der Waals surface area contributed by atoms with Gasteiger partial charge < -0.3 is 25.1 Å². The standard InChI is InChI=1S/C26H25ClF3N3O4/c1-13(17-8-16(27)4-5-18(17)26(28,29)30)37-22-7-15(10-33-24(22)31)14-3-6-20(32-9-14)19-11-35-23-21(34)12-36-25(19,23)2/h3-10,13,19,21,23,34H,11-12H2,1-2H3,(H2,31,33). The SMILES string of the molecule is CC(Oc1cc(-c2ccc(C3COC4C(O)COC34C)nc2)cnc1N)c1cc(Cl)ccc1C(F)(F)F. The number of hydrogen-bond donors (Lipinski definition) is 2. The normalized spacial score (nSPS) is 26.2. The van der Waals surface area contributed by atoms with Crippen molar-refractivity contribution in [2.75, 3.05) is 18.9 Å². The molecule has 0 radical (unpaired) electrons. The molecule has 5 rings (SSSR count). The highest BCUT2D eigenvalue weighted by Gasteiger charge is 2.57. The molecule has 0 spiro atoms. The molecule has 2 fully saturated rings. The number of aliphatic hydroxyl groups excluding tert-OH is 1. The zero-order valence-corrected chi connectivity index (χ0v) is 20.8. The number of anilines is 1. The molecule has 2 aliphatic heterocycles. The number of ether oxygens (including phenoxy) is 3. The molecule has 0 bridgehead atoms. The Morgan fingerprint density at radius 3 is 2.59 bits per heavy atom. The van der Waals surface area contributed by atoms with Gasteiger partial charge >= 0.3 is 6.18 Å². The minimum Gasteiger partial charge on any atom is -0.482 e. The fraction of sp³-hybridized carbons (Fsp3) is 0.385. The van der Waals surface area contributed by atoms with E-state index >= 15 is 0 Å². The van der Waals surface area contributed by atoms with Crippen LogP contribution in [-0.2, 0) is 15.7 Å². The number of halogens is 4. The fourth-order valence-electron chi connectivity index (χ4n) is 5.01. The van der Waals surface area contributed by atoms with Crippen molar-refractivity contribution in [3.63, 3.8) is 0 Å². The number of pyridine rings is 2. The Hall–Kier alpha value is -2.92. The summed E-state index contributed by atoms with van der Waals surface area (Å²) in [5.41, 5.74) is 6.46. The summed E-state index contributed by atoms with van der Waals surface area (Å²) in [6, 6.07) is 8.66. The van der Waals surface area contributed by atoms with Crippen molar-refractivity contribution in [1.29, 1.82) is 0 Å². The number of alkyl halides is 3. The Labute approximate surface area is 216 Å². The first-order chi connectivity index (χ1) is 17.5. The van der Waals surface area contributed by atoms with Crippen LogP contribution >= 0.6 is 11.6 Å². The summed E-state index contributed by atoms with van der Waals surface area (Å²) in [7, 11) is 0. The van der Waals surface area contributed by atoms with Gasteiger partial charge in [0, 0.05) is 39.8 Å². The summed E-state index contributed by atoms with van der Waals surface area (Å²) in [5, 5.41) is 10.3. The molecule has 3 aromatic rings. The molecule has 0 aliphatic carbocycles. The summed E-state index contributed by atoms with van der Waals surface area (Å²) < 4.78 is 58.1. The number of benzene rings is 1. The van der Waals surface area contributed by atoms with Crippen LogP contribution in [0.4, 0.5) is 19.0 Å². The van der Waals surface area contributed by atoms with Gasteiger partial charge in [0.2, 0.25) is 0 Å². The summed E-state index contributed by atoms with van der Waals surface area (Å²) >= 11 is 5.96. The van der Waals surface area contributed by atoms with Crippen LogP contribution in [0.5, 0.6) is 5.75 Å². The van der Waals surface area contributed by atoms with Crippen LogP contribution in [0.25, 0.3) is 11.1 Å². The number of nitrogens with two attached hydrogens (primary N) is 1. The van der Waals surface area contributed by atoms with Crippen molar-refractivity contribution in [3.05, 3.63) is 70.6 Å². The van der Waals surface area contributed by atoms with Gasteiger partial charge in [-0.3, -0.25) is 4.98 Å². The van der Waals surface area contributed by atoms with Crippen molar-refractivity contribution in [3.8, 4) is 16.9 Å². The van der Waals surface area contributed by atoms with Crippen LogP contribution in [0.1, 0.15) is 42.7 Å². The lowest BCUT2D eigenvalue weighted by Crippen LogP contribution is -2.40. The molecule has 3 N–H and O–H groups in total. The third-order valence-corrected chi connectivity index (χ3v) is 7.27. The van der Waals surface area contributed by atoms with Gasteiger partial charge in [0.1, 0.15) is 23.9 Å². The van der Waals surface area contributed by atoms with Crippen LogP contribution in [0.2, 0.25) is 5.02 Å². The molecule has 196 valence electrons. The van der Waals surface area contributed by atoms with E-state index < -0.39 is 35.7 Å². The zero-order chi connectivity index (χ0) is 26.5. The highest BCUT2D eigenvalue weighted by Crippen LogP contribution is 2.46. The molecule has 11 heteroatoms. The summed E-state index contributed by atoms with van der Waals surface area (Å²) in [5.74, 6) is 0.0263. The fourth-order valence-corrected chi connectivity index (χ4v) is 5.19. The molecule has 2 aromatic heterocycles. The van der Waals surface area contributed by atoms with Gasteiger partial charge in [-0.2, -0.15) is 13.2 Å². The molecular formula is C26H25ClF3N3O4. The highest BCUT2D eigenvalue weighted by molar-refractivity contribution is 6.30. The van der Waals surface area contributed by atoms with Crippen molar-refractivity contribution >= 4 is 17.4 Å². The van der Waals surface area contributed by atoms with Crippen LogP contribution in [0.15, 0.2) is 48.8 Å². The summed E-state index contributed by atoms with van der Waals surface area (Å²) in [4.78, 5) is 8.76. The van der Waals surface area contributed by atoms with Gasteiger partial charge in [0.05, 0.1) is 24.7 Å². The van der Waals surface area contributed by atoms with E-state index in [1.165, 1.54) is 25.3 Å². The van der Waals surface area contributed by atoms with Gasteiger partial charge in [-0.15, -0.1) is 0 Å². The summed E-state index contributed by atoms with van der Waals surface area (Å²) in [6.07, 6.45) is -3.45. The maximum atomic E-state index is 13.5. The van der Waals surface area contributed by atoms with Crippen LogP contribution in [0.3, 0.4) is 0 Å². The van der Waals surface area contributed by atoms with E-state index in [4.69, 9.17) is 31.5 Å². The molecular weight excluding hydrogens is 511 g/mol. The van der Waals surface area contributed by atoms with Gasteiger partial charge in [-0.1, -0.05) is 17.7 Å². The largest absolute Gasteiger partial charge is 0.482 e. The van der Waals surface area contributed by atoms with E-state index in [2.05, 4.69) is 9.97 Å². The topological polar surface area (TPSA) is 99.7 Å². The van der Waals surface area contributed by atoms with Gasteiger partial charge in [0.25, 0.3) is 0 Å². The molecule has 5 unspecified atom stereocenters. The number of nitrogen functional groups attached to an aromatic ring is 1. The lowest BCUT2D eigenvalue weighted by molar-refractivity contribution is -0.138. The molecule has 1 aromatic carbocycles. The lowest BCUT2D eigenvalue weighted by atomic mass is 9.84. The predicted molar refractivity (Wildman–Crippen MR) is 130 cm³/mol. The molecule has 4 heterocycles. The van der Waals surface area contributed by atoms with E-state index in [9.17, 15) is 18.3 Å². The smallest absolute Gasteiger partial charge is 0.416 e. The van der Waals surface area contributed by atoms with Gasteiger partial charge in [0.15, 0.2) is 11.6 Å². The maximum Gasteiger partial charge on any atom is 0.416 e. The molecule has 2 aliphatic rings. The predicted octanol–water partition coefficient (Wildman–Crippen LogP) is 5.17. The first-order valence-electron chi connectivity index (χ1n) is 11.7. The molecule has 7 nitrogen and oxygen atoms in total. The number of aliphatic hydroxyl groups is 1. The second-order valence-electron chi connectivity index (χ2n) is 9.44. The van der Waals surface area contributed by atoms with E-state index in [0.29, 0.717) is 17.7 Å². The second kappa shape index (κ2) is 9.43. The monoisotopic (exact) mass is 535 g/mol. The van der Waals surface area contributed by atoms with E-state index in [0.717, 1.165) is 11.8 Å². The highest BCUT2D eigenvalue weighted by atomic mass is 35.5. The minimum absolute atomic E-state index is 0.0368. The molecule has 0 saturated carbocycles. The van der Waals surface area contributed by atoms with Crippen molar-refractivity contribution in [1.82, 2.24) is 9.97 Å². The van der Waals surface area contributed by atoms with Crippen molar-refractivity contribution in [2.45, 2.75) is 49.9 Å². The molecule has 2 saturated heterocycles. The van der Waals surface area contributed by atoms with Crippen LogP contribution in [0, 0.1) is 0 Å². The Bertz CT molecular complexity index is 1310. The third kappa shape index (κ3) is 4.74. The van der Waals surface area contributed by atoms with Gasteiger partial charge in [-0.25, -0.2) is 4.98 Å². The Morgan fingerprint density at radius 2 is 1.89 bits per heavy atom. The first-order valence-corrected chi connectivity index (χ1v) is 12.0. The molecule has 0 amide bonds. The lowest BCUT2D eigenvalue weighted by Gasteiger charge is -2.28. The Morgan fingerprint density at radius 1 is 1.14 bits per heavy atom. The van der Waals surface area contributed by atoms with Gasteiger partial charge in [-0.05, 0) is 44.2 Å². The number of aromatic nitrogens is 2. The van der Waals surface area contributed by atoms with Crippen LogP contribution in [-0.4, -0.2) is 46.1 Å². The molecule has 5 atom stereocenters. The molecule has 37 heavy (non-hydrogen) atoms. The number of rotatable bonds is 5. The maximum absolute atomic E-state index is 13.5. The van der Waals surface area contributed by atoms with E-state index in [1.807, 2.05) is 19.1 Å². The van der Waals surface area contributed by atoms with E-state index in [1.54, 1.807) is 12.3 Å². The third-order valence-electron chi connectivity index (χ3n) is 7.03. The Kier molecular flexibility index (Phi) is 6.56. The number of nitrogens with zero attached hydrogens (tertiary/aromatic N) is 2. The van der Waals surface area contributed by atoms with Crippen molar-refractivity contribution < 1.29 is 32.5 Å². The Balaban J connectivity index is 1.38. The first kappa shape index (κ1) is 25.7. The second-order valence-corrected chi connectivity index (χ2v) is 9.87. The number of fused-ring (bicyclic) bond motifs is 1. The van der Waals surface area contributed by atoms with Crippen LogP contribution < -0.4 is 10.5 Å². The van der Waals surface area contributed by atoms with E-state index in [-0.39, 0.29) is 34.7 Å².